The highest BCUT2D eigenvalue weighted by molar-refractivity contribution is 7.92. The zero-order chi connectivity index (χ0) is 19.9. The quantitative estimate of drug-likeness (QED) is 0.706. The summed E-state index contributed by atoms with van der Waals surface area (Å²) in [7, 11) is -1.85. The maximum Gasteiger partial charge on any atom is 0.258 e. The number of hydrogen-bond acceptors (Lipinski definition) is 5. The molecule has 2 rings (SSSR count). The standard InChI is InChI=1S/C19H24N2O5S/c1-15(13-25-17-7-5-4-6-8-17)20-19(22)14-26-18-11-9-16(10-12-18)21(2)27(3,23)24/h4-12,15H,13-14H2,1-3H3,(H,20,22). The van der Waals surface area contributed by atoms with E-state index in [2.05, 4.69) is 5.32 Å². The van der Waals surface area contributed by atoms with E-state index in [-0.39, 0.29) is 18.6 Å². The van der Waals surface area contributed by atoms with E-state index in [0.29, 0.717) is 18.0 Å². The zero-order valence-electron chi connectivity index (χ0n) is 15.6. The molecule has 1 atom stereocenters. The third kappa shape index (κ3) is 6.82. The lowest BCUT2D eigenvalue weighted by atomic mass is 10.3. The Kier molecular flexibility index (Phi) is 7.06. The summed E-state index contributed by atoms with van der Waals surface area (Å²) in [5.41, 5.74) is 0.515. The summed E-state index contributed by atoms with van der Waals surface area (Å²) in [6.07, 6.45) is 1.13. The summed E-state index contributed by atoms with van der Waals surface area (Å²) in [5.74, 6) is 0.953. The fraction of sp³-hybridized carbons (Fsp3) is 0.316. The lowest BCUT2D eigenvalue weighted by Crippen LogP contribution is -2.39. The molecule has 0 bridgehead atoms. The summed E-state index contributed by atoms with van der Waals surface area (Å²) in [5, 5.41) is 2.79. The van der Waals surface area contributed by atoms with Gasteiger partial charge in [0.1, 0.15) is 18.1 Å². The molecule has 0 spiro atoms. The molecular formula is C19H24N2O5S. The number of carbonyl (C=O) groups is 1. The average Bonchev–Trinajstić information content (AvgIpc) is 2.64. The Morgan fingerprint density at radius 1 is 1.04 bits per heavy atom. The second kappa shape index (κ2) is 9.27. The average molecular weight is 392 g/mol. The van der Waals surface area contributed by atoms with Crippen LogP contribution in [0.5, 0.6) is 11.5 Å². The predicted octanol–water partition coefficient (Wildman–Crippen LogP) is 2.04. The van der Waals surface area contributed by atoms with Crippen LogP contribution in [0.3, 0.4) is 0 Å². The van der Waals surface area contributed by atoms with Crippen LogP contribution in [0.1, 0.15) is 6.92 Å². The molecule has 146 valence electrons. The van der Waals surface area contributed by atoms with Crippen LogP contribution >= 0.6 is 0 Å². The van der Waals surface area contributed by atoms with E-state index in [9.17, 15) is 13.2 Å². The number of sulfonamides is 1. The third-order valence-electron chi connectivity index (χ3n) is 3.72. The molecule has 0 radical (unpaired) electrons. The van der Waals surface area contributed by atoms with Crippen molar-refractivity contribution in [2.24, 2.45) is 0 Å². The molecule has 1 N–H and O–H groups in total. The lowest BCUT2D eigenvalue weighted by Gasteiger charge is -2.17. The predicted molar refractivity (Wildman–Crippen MR) is 105 cm³/mol. The van der Waals surface area contributed by atoms with Crippen LogP contribution in [-0.4, -0.2) is 46.9 Å². The number of nitrogens with zero attached hydrogens (tertiary/aromatic N) is 1. The summed E-state index contributed by atoms with van der Waals surface area (Å²) in [6.45, 7) is 2.05. The Bertz CT molecular complexity index is 838. The van der Waals surface area contributed by atoms with Crippen LogP contribution in [-0.2, 0) is 14.8 Å². The monoisotopic (exact) mass is 392 g/mol. The lowest BCUT2D eigenvalue weighted by molar-refractivity contribution is -0.123. The number of rotatable bonds is 9. The van der Waals surface area contributed by atoms with Crippen molar-refractivity contribution in [3.63, 3.8) is 0 Å². The van der Waals surface area contributed by atoms with Gasteiger partial charge in [-0.3, -0.25) is 9.10 Å². The molecule has 2 aromatic carbocycles. The Balaban J connectivity index is 1.76. The second-order valence-electron chi connectivity index (χ2n) is 6.11. The summed E-state index contributed by atoms with van der Waals surface area (Å²) in [6, 6.07) is 15.7. The Hall–Kier alpha value is -2.74. The number of hydrogen-bond donors (Lipinski definition) is 1. The number of carbonyl (C=O) groups excluding carboxylic acids is 1. The van der Waals surface area contributed by atoms with Crippen LogP contribution in [0.25, 0.3) is 0 Å². The van der Waals surface area contributed by atoms with Gasteiger partial charge in [-0.25, -0.2) is 8.42 Å². The van der Waals surface area contributed by atoms with Crippen LogP contribution < -0.4 is 19.1 Å². The highest BCUT2D eigenvalue weighted by atomic mass is 32.2. The number of anilines is 1. The van der Waals surface area contributed by atoms with Gasteiger partial charge in [0.05, 0.1) is 18.0 Å². The maximum atomic E-state index is 12.0. The molecular weight excluding hydrogens is 368 g/mol. The van der Waals surface area contributed by atoms with Crippen LogP contribution in [0.4, 0.5) is 5.69 Å². The Labute approximate surface area is 160 Å². The minimum atomic E-state index is -3.32. The summed E-state index contributed by atoms with van der Waals surface area (Å²) in [4.78, 5) is 12.0. The molecule has 0 heterocycles. The minimum absolute atomic E-state index is 0.142. The van der Waals surface area contributed by atoms with Gasteiger partial charge in [-0.1, -0.05) is 18.2 Å². The summed E-state index contributed by atoms with van der Waals surface area (Å²) >= 11 is 0. The number of nitrogens with one attached hydrogen (secondary N) is 1. The van der Waals surface area contributed by atoms with E-state index in [0.717, 1.165) is 16.3 Å². The first-order valence-electron chi connectivity index (χ1n) is 8.39. The highest BCUT2D eigenvalue weighted by Gasteiger charge is 2.12. The normalized spacial score (nSPS) is 12.1. The molecule has 0 aliphatic carbocycles. The van der Waals surface area contributed by atoms with Gasteiger partial charge in [-0.15, -0.1) is 0 Å². The van der Waals surface area contributed by atoms with Crippen LogP contribution in [0.15, 0.2) is 54.6 Å². The second-order valence-corrected chi connectivity index (χ2v) is 8.12. The summed E-state index contributed by atoms with van der Waals surface area (Å²) < 4.78 is 35.2. The topological polar surface area (TPSA) is 84.9 Å². The van der Waals surface area contributed by atoms with E-state index in [1.165, 1.54) is 7.05 Å². The molecule has 2 aromatic rings. The van der Waals surface area contributed by atoms with Crippen molar-refractivity contribution in [1.29, 1.82) is 0 Å². The molecule has 0 aliphatic rings. The van der Waals surface area contributed by atoms with Gasteiger partial charge in [0.15, 0.2) is 6.61 Å². The fourth-order valence-corrected chi connectivity index (χ4v) is 2.69. The molecule has 0 aromatic heterocycles. The van der Waals surface area contributed by atoms with Crippen molar-refractivity contribution in [1.82, 2.24) is 5.32 Å². The van der Waals surface area contributed by atoms with Crippen molar-refractivity contribution >= 4 is 21.6 Å². The first-order valence-corrected chi connectivity index (χ1v) is 10.2. The molecule has 0 saturated carbocycles. The Morgan fingerprint density at radius 3 is 2.22 bits per heavy atom. The van der Waals surface area contributed by atoms with Crippen molar-refractivity contribution in [2.75, 3.05) is 30.8 Å². The van der Waals surface area contributed by atoms with Gasteiger partial charge >= 0.3 is 0 Å². The number of benzene rings is 2. The number of ether oxygens (including phenoxy) is 2. The molecule has 0 aliphatic heterocycles. The van der Waals surface area contributed by atoms with E-state index in [4.69, 9.17) is 9.47 Å². The zero-order valence-corrected chi connectivity index (χ0v) is 16.4. The molecule has 1 unspecified atom stereocenters. The molecule has 1 amide bonds. The molecule has 0 saturated heterocycles. The van der Waals surface area contributed by atoms with Crippen LogP contribution in [0.2, 0.25) is 0 Å². The van der Waals surface area contributed by atoms with Gasteiger partial charge in [0, 0.05) is 7.05 Å². The van der Waals surface area contributed by atoms with Gasteiger partial charge < -0.3 is 14.8 Å². The van der Waals surface area contributed by atoms with Crippen molar-refractivity contribution in [2.45, 2.75) is 13.0 Å². The van der Waals surface area contributed by atoms with Crippen molar-refractivity contribution in [3.8, 4) is 11.5 Å². The third-order valence-corrected chi connectivity index (χ3v) is 4.92. The highest BCUT2D eigenvalue weighted by Crippen LogP contribution is 2.20. The number of amides is 1. The Morgan fingerprint density at radius 2 is 1.63 bits per heavy atom. The van der Waals surface area contributed by atoms with Crippen LogP contribution in [0, 0.1) is 0 Å². The number of para-hydroxylation sites is 1. The smallest absolute Gasteiger partial charge is 0.258 e. The van der Waals surface area contributed by atoms with Crippen molar-refractivity contribution < 1.29 is 22.7 Å². The van der Waals surface area contributed by atoms with E-state index in [1.54, 1.807) is 24.3 Å². The maximum absolute atomic E-state index is 12.0. The molecule has 27 heavy (non-hydrogen) atoms. The van der Waals surface area contributed by atoms with Gasteiger partial charge in [-0.05, 0) is 43.3 Å². The molecule has 8 heteroatoms. The molecule has 0 fully saturated rings. The van der Waals surface area contributed by atoms with Gasteiger partial charge in [0.25, 0.3) is 5.91 Å². The van der Waals surface area contributed by atoms with E-state index < -0.39 is 10.0 Å². The van der Waals surface area contributed by atoms with E-state index >= 15 is 0 Å². The van der Waals surface area contributed by atoms with E-state index in [1.807, 2.05) is 37.3 Å². The first-order chi connectivity index (χ1) is 12.8. The largest absolute Gasteiger partial charge is 0.491 e. The first kappa shape index (κ1) is 20.6. The molecule has 7 nitrogen and oxygen atoms in total. The van der Waals surface area contributed by atoms with Gasteiger partial charge in [-0.2, -0.15) is 0 Å². The van der Waals surface area contributed by atoms with Gasteiger partial charge in [0.2, 0.25) is 10.0 Å². The minimum Gasteiger partial charge on any atom is -0.491 e. The SMILES string of the molecule is CC(COc1ccccc1)NC(=O)COc1ccc(N(C)S(C)(=O)=O)cc1. The fourth-order valence-electron chi connectivity index (χ4n) is 2.19. The van der Waals surface area contributed by atoms with Crippen molar-refractivity contribution in [3.05, 3.63) is 54.6 Å².